The lowest BCUT2D eigenvalue weighted by molar-refractivity contribution is -0.130. The van der Waals surface area contributed by atoms with Crippen LogP contribution in [0, 0.1) is 5.92 Å². The summed E-state index contributed by atoms with van der Waals surface area (Å²) in [7, 11) is -3.85. The fourth-order valence-corrected chi connectivity index (χ4v) is 4.68. The van der Waals surface area contributed by atoms with Crippen LogP contribution >= 0.6 is 11.6 Å². The largest absolute Gasteiger partial charge is 0.355 e. The Kier molecular flexibility index (Phi) is 8.92. The molecule has 0 bridgehead atoms. The number of carbonyl (C=O) groups excluding carboxylic acids is 2. The molecule has 0 radical (unpaired) electrons. The van der Waals surface area contributed by atoms with Crippen LogP contribution < -0.4 is 10.0 Å². The lowest BCUT2D eigenvalue weighted by atomic mass is 10.1. The van der Waals surface area contributed by atoms with Crippen LogP contribution in [0.4, 0.5) is 0 Å². The lowest BCUT2D eigenvalue weighted by Gasteiger charge is -2.23. The van der Waals surface area contributed by atoms with E-state index >= 15 is 0 Å². The second-order valence-corrected chi connectivity index (χ2v) is 9.78. The number of halogens is 1. The molecule has 2 rings (SSSR count). The molecule has 1 atom stereocenters. The van der Waals surface area contributed by atoms with Crippen LogP contribution in [0.3, 0.4) is 0 Å². The highest BCUT2D eigenvalue weighted by atomic mass is 35.5. The van der Waals surface area contributed by atoms with Gasteiger partial charge in [0.05, 0.1) is 4.90 Å². The SMILES string of the molecule is CC(C)C(NS(=O)(=O)c1ccc(Cl)cc1)C(=O)NCCCN1CCCCCC1=O. The number of nitrogens with zero attached hydrogens (tertiary/aromatic N) is 1. The summed E-state index contributed by atoms with van der Waals surface area (Å²) in [6.45, 7) is 5.31. The molecule has 1 aromatic carbocycles. The zero-order chi connectivity index (χ0) is 21.4. The van der Waals surface area contributed by atoms with Gasteiger partial charge in [0, 0.05) is 31.1 Å². The molecule has 0 spiro atoms. The highest BCUT2D eigenvalue weighted by molar-refractivity contribution is 7.89. The third-order valence-electron chi connectivity index (χ3n) is 4.93. The van der Waals surface area contributed by atoms with Crippen molar-refractivity contribution in [3.05, 3.63) is 29.3 Å². The van der Waals surface area contributed by atoms with Crippen LogP contribution in [0.2, 0.25) is 5.02 Å². The standard InChI is InChI=1S/C20H30ClN3O4S/c1-15(2)19(23-29(27,28)17-10-8-16(21)9-11-17)20(26)22-12-6-14-24-13-5-3-4-7-18(24)25/h8-11,15,19,23H,3-7,12-14H2,1-2H3,(H,22,26). The quantitative estimate of drug-likeness (QED) is 0.573. The topological polar surface area (TPSA) is 95.6 Å². The maximum Gasteiger partial charge on any atom is 0.241 e. The number of likely N-dealkylation sites (tertiary alicyclic amines) is 1. The summed E-state index contributed by atoms with van der Waals surface area (Å²) >= 11 is 5.81. The second kappa shape index (κ2) is 10.9. The molecule has 29 heavy (non-hydrogen) atoms. The number of sulfonamides is 1. The second-order valence-electron chi connectivity index (χ2n) is 7.63. The number of hydrogen-bond donors (Lipinski definition) is 2. The van der Waals surface area contributed by atoms with E-state index < -0.39 is 16.1 Å². The summed E-state index contributed by atoms with van der Waals surface area (Å²) in [4.78, 5) is 26.5. The Hall–Kier alpha value is -1.64. The van der Waals surface area contributed by atoms with E-state index in [1.54, 1.807) is 13.8 Å². The summed E-state index contributed by atoms with van der Waals surface area (Å²) in [5.41, 5.74) is 0. The third-order valence-corrected chi connectivity index (χ3v) is 6.64. The summed E-state index contributed by atoms with van der Waals surface area (Å²) < 4.78 is 27.7. The fourth-order valence-electron chi connectivity index (χ4n) is 3.21. The Balaban J connectivity index is 1.88. The smallest absolute Gasteiger partial charge is 0.241 e. The molecule has 0 aromatic heterocycles. The predicted molar refractivity (Wildman–Crippen MR) is 113 cm³/mol. The summed E-state index contributed by atoms with van der Waals surface area (Å²) in [6, 6.07) is 4.89. The number of carbonyl (C=O) groups is 2. The van der Waals surface area contributed by atoms with Gasteiger partial charge in [0.25, 0.3) is 0 Å². The van der Waals surface area contributed by atoms with E-state index in [0.29, 0.717) is 31.0 Å². The first-order valence-corrected chi connectivity index (χ1v) is 11.9. The Morgan fingerprint density at radius 2 is 1.86 bits per heavy atom. The van der Waals surface area contributed by atoms with Gasteiger partial charge in [-0.25, -0.2) is 8.42 Å². The van der Waals surface area contributed by atoms with Crippen molar-refractivity contribution in [2.45, 2.75) is 56.9 Å². The van der Waals surface area contributed by atoms with Crippen molar-refractivity contribution in [2.75, 3.05) is 19.6 Å². The Morgan fingerprint density at radius 3 is 2.52 bits per heavy atom. The van der Waals surface area contributed by atoms with E-state index in [1.807, 2.05) is 4.90 Å². The maximum atomic E-state index is 12.6. The third kappa shape index (κ3) is 7.28. The Labute approximate surface area is 178 Å². The minimum Gasteiger partial charge on any atom is -0.355 e. The van der Waals surface area contributed by atoms with Crippen molar-refractivity contribution >= 4 is 33.4 Å². The molecule has 2 N–H and O–H groups in total. The van der Waals surface area contributed by atoms with Crippen LogP contribution in [0.1, 0.15) is 46.0 Å². The molecule has 1 aliphatic rings. The summed E-state index contributed by atoms with van der Waals surface area (Å²) in [5.74, 6) is -0.436. The van der Waals surface area contributed by atoms with Gasteiger partial charge in [-0.3, -0.25) is 9.59 Å². The van der Waals surface area contributed by atoms with Gasteiger partial charge in [-0.05, 0) is 49.4 Å². The first-order valence-electron chi connectivity index (χ1n) is 10.0. The molecule has 1 fully saturated rings. The van der Waals surface area contributed by atoms with Gasteiger partial charge in [-0.15, -0.1) is 0 Å². The zero-order valence-corrected chi connectivity index (χ0v) is 18.6. The van der Waals surface area contributed by atoms with Gasteiger partial charge in [0.2, 0.25) is 21.8 Å². The first-order chi connectivity index (χ1) is 13.7. The molecule has 0 aliphatic carbocycles. The molecule has 1 aliphatic heterocycles. The van der Waals surface area contributed by atoms with Crippen LogP contribution in [0.5, 0.6) is 0 Å². The fraction of sp³-hybridized carbons (Fsp3) is 0.600. The first kappa shape index (κ1) is 23.6. The van der Waals surface area contributed by atoms with Gasteiger partial charge < -0.3 is 10.2 Å². The molecule has 2 amide bonds. The molecule has 162 valence electrons. The van der Waals surface area contributed by atoms with Crippen molar-refractivity contribution in [1.82, 2.24) is 14.9 Å². The zero-order valence-electron chi connectivity index (χ0n) is 17.0. The minimum atomic E-state index is -3.85. The van der Waals surface area contributed by atoms with Crippen molar-refractivity contribution < 1.29 is 18.0 Å². The Bertz CT molecular complexity index is 796. The van der Waals surface area contributed by atoms with Crippen molar-refractivity contribution in [3.63, 3.8) is 0 Å². The van der Waals surface area contributed by atoms with E-state index in [2.05, 4.69) is 10.0 Å². The van der Waals surface area contributed by atoms with Gasteiger partial charge in [-0.1, -0.05) is 31.9 Å². The van der Waals surface area contributed by atoms with E-state index in [4.69, 9.17) is 11.6 Å². The van der Waals surface area contributed by atoms with Crippen LogP contribution in [0.15, 0.2) is 29.2 Å². The molecule has 1 saturated heterocycles. The minimum absolute atomic E-state index is 0.0556. The average Bonchev–Trinajstić information content (AvgIpc) is 2.87. The highest BCUT2D eigenvalue weighted by Crippen LogP contribution is 2.16. The monoisotopic (exact) mass is 443 g/mol. The van der Waals surface area contributed by atoms with E-state index in [1.165, 1.54) is 24.3 Å². The molecule has 0 saturated carbocycles. The van der Waals surface area contributed by atoms with Gasteiger partial charge in [0.1, 0.15) is 6.04 Å². The van der Waals surface area contributed by atoms with Crippen LogP contribution in [0.25, 0.3) is 0 Å². The molecular formula is C20H30ClN3O4S. The van der Waals surface area contributed by atoms with Gasteiger partial charge in [0.15, 0.2) is 0 Å². The number of hydrogen-bond acceptors (Lipinski definition) is 4. The van der Waals surface area contributed by atoms with Crippen molar-refractivity contribution in [3.8, 4) is 0 Å². The van der Waals surface area contributed by atoms with Crippen molar-refractivity contribution in [2.24, 2.45) is 5.92 Å². The molecule has 7 nitrogen and oxygen atoms in total. The van der Waals surface area contributed by atoms with E-state index in [9.17, 15) is 18.0 Å². The van der Waals surface area contributed by atoms with Crippen LogP contribution in [-0.2, 0) is 19.6 Å². The van der Waals surface area contributed by atoms with E-state index in [-0.39, 0.29) is 22.6 Å². The van der Waals surface area contributed by atoms with Crippen LogP contribution in [-0.4, -0.2) is 50.8 Å². The summed E-state index contributed by atoms with van der Waals surface area (Å²) in [5, 5.41) is 3.23. The van der Waals surface area contributed by atoms with Gasteiger partial charge in [-0.2, -0.15) is 4.72 Å². The molecule has 1 heterocycles. The predicted octanol–water partition coefficient (Wildman–Crippen LogP) is 2.55. The Morgan fingerprint density at radius 1 is 1.17 bits per heavy atom. The molecule has 1 aromatic rings. The molecule has 9 heteroatoms. The van der Waals surface area contributed by atoms with Gasteiger partial charge >= 0.3 is 0 Å². The van der Waals surface area contributed by atoms with Crippen molar-refractivity contribution in [1.29, 1.82) is 0 Å². The molecule has 1 unspecified atom stereocenters. The number of nitrogens with one attached hydrogen (secondary N) is 2. The molecular weight excluding hydrogens is 414 g/mol. The number of rotatable bonds is 9. The maximum absolute atomic E-state index is 12.6. The lowest BCUT2D eigenvalue weighted by Crippen LogP contribution is -2.50. The summed E-state index contributed by atoms with van der Waals surface area (Å²) in [6.07, 6.45) is 4.25. The normalized spacial score (nSPS) is 16.6. The number of benzene rings is 1. The average molecular weight is 444 g/mol. The number of amides is 2. The van der Waals surface area contributed by atoms with E-state index in [0.717, 1.165) is 25.8 Å². The highest BCUT2D eigenvalue weighted by Gasteiger charge is 2.28.